The van der Waals surface area contributed by atoms with Crippen LogP contribution in [-0.4, -0.2) is 54.9 Å². The van der Waals surface area contributed by atoms with E-state index < -0.39 is 10.1 Å². The fourth-order valence-electron chi connectivity index (χ4n) is 3.81. The van der Waals surface area contributed by atoms with Crippen molar-refractivity contribution in [3.05, 3.63) is 66.0 Å². The Morgan fingerprint density at radius 1 is 1.07 bits per heavy atom. The van der Waals surface area contributed by atoms with Crippen molar-refractivity contribution in [2.75, 3.05) is 13.1 Å². The summed E-state index contributed by atoms with van der Waals surface area (Å²) in [6, 6.07) is 13.2. The first-order chi connectivity index (χ1) is 13.9. The van der Waals surface area contributed by atoms with Crippen LogP contribution in [0.3, 0.4) is 0 Å². The molecule has 0 saturated carbocycles. The molecule has 152 valence electrons. The number of alkyl halides is 2. The number of hydrogen-bond acceptors (Lipinski definition) is 5. The molecule has 2 aliphatic rings. The van der Waals surface area contributed by atoms with Crippen molar-refractivity contribution in [3.63, 3.8) is 0 Å². The van der Waals surface area contributed by atoms with E-state index in [1.165, 1.54) is 12.4 Å². The smallest absolute Gasteiger partial charge is 0.276 e. The molecule has 8 heteroatoms. The van der Waals surface area contributed by atoms with Gasteiger partial charge in [-0.3, -0.25) is 9.78 Å². The van der Waals surface area contributed by atoms with Crippen molar-refractivity contribution in [2.45, 2.75) is 35.7 Å². The van der Waals surface area contributed by atoms with Crippen LogP contribution in [-0.2, 0) is 6.42 Å². The van der Waals surface area contributed by atoms with Gasteiger partial charge in [0.25, 0.3) is 5.91 Å². The van der Waals surface area contributed by atoms with E-state index in [1.54, 1.807) is 12.1 Å². The third-order valence-electron chi connectivity index (χ3n) is 5.45. The first kappa shape index (κ1) is 20.1. The number of carbonyl (C=O) groups is 1. The minimum absolute atomic E-state index is 0.240. The predicted molar refractivity (Wildman–Crippen MR) is 113 cm³/mol. The Balaban J connectivity index is 1.44. The Kier molecular flexibility index (Phi) is 5.51. The second-order valence-electron chi connectivity index (χ2n) is 7.59. The maximum Gasteiger partial charge on any atom is 0.276 e. The van der Waals surface area contributed by atoms with E-state index in [9.17, 15) is 9.90 Å². The Hall–Kier alpha value is -2.15. The average molecular weight is 433 g/mol. The third-order valence-corrected chi connectivity index (χ3v) is 6.04. The maximum absolute atomic E-state index is 12.8. The maximum atomic E-state index is 12.8. The summed E-state index contributed by atoms with van der Waals surface area (Å²) in [4.78, 5) is 18.7. The highest BCUT2D eigenvalue weighted by molar-refractivity contribution is 6.50. The van der Waals surface area contributed by atoms with Crippen LogP contribution in [0, 0.1) is 0 Å². The molecule has 1 fully saturated rings. The fourth-order valence-corrected chi connectivity index (χ4v) is 4.28. The number of amidine groups is 1. The van der Waals surface area contributed by atoms with Crippen molar-refractivity contribution >= 4 is 34.9 Å². The quantitative estimate of drug-likeness (QED) is 0.595. The molecule has 2 aromatic rings. The van der Waals surface area contributed by atoms with Crippen LogP contribution in [0.2, 0.25) is 0 Å². The van der Waals surface area contributed by atoms with Crippen LogP contribution in [0.15, 0.2) is 60.0 Å². The Bertz CT molecular complexity index is 897. The predicted octanol–water partition coefficient (Wildman–Crippen LogP) is 3.44. The molecule has 0 spiro atoms. The topological polar surface area (TPSA) is 69.0 Å². The molecule has 0 radical (unpaired) electrons. The van der Waals surface area contributed by atoms with E-state index >= 15 is 0 Å². The minimum Gasteiger partial charge on any atom is -0.389 e. The van der Waals surface area contributed by atoms with E-state index in [0.29, 0.717) is 43.8 Å². The molecule has 0 bridgehead atoms. The highest BCUT2D eigenvalue weighted by Gasteiger charge is 2.46. The van der Waals surface area contributed by atoms with E-state index in [2.05, 4.69) is 15.0 Å². The molecule has 3 heterocycles. The molecule has 0 atom stereocenters. The number of halogens is 2. The van der Waals surface area contributed by atoms with Gasteiger partial charge in [-0.05, 0) is 30.5 Å². The summed E-state index contributed by atoms with van der Waals surface area (Å²) in [6.45, 7) is 1.26. The van der Waals surface area contributed by atoms with Crippen LogP contribution in [0.4, 0.5) is 0 Å². The van der Waals surface area contributed by atoms with Crippen LogP contribution in [0.1, 0.15) is 35.2 Å². The lowest BCUT2D eigenvalue weighted by molar-refractivity contribution is -0.00717. The highest BCUT2D eigenvalue weighted by Crippen LogP contribution is 2.39. The molecule has 0 unspecified atom stereocenters. The highest BCUT2D eigenvalue weighted by atomic mass is 35.5. The Morgan fingerprint density at radius 2 is 1.72 bits per heavy atom. The van der Waals surface area contributed by atoms with Crippen molar-refractivity contribution in [1.29, 1.82) is 0 Å². The normalized spacial score (nSPS) is 20.4. The third kappa shape index (κ3) is 4.39. The molecular formula is C21H22Cl2N4O2. The fraction of sp³-hybridized carbons (Fsp3) is 0.381. The number of carbonyl (C=O) groups excluding carboxylic acids is 1. The number of aliphatic hydroxyl groups is 1. The summed E-state index contributed by atoms with van der Waals surface area (Å²) in [5, 5.41) is 16.6. The van der Waals surface area contributed by atoms with E-state index in [0.717, 1.165) is 10.6 Å². The van der Waals surface area contributed by atoms with E-state index in [4.69, 9.17) is 23.2 Å². The van der Waals surface area contributed by atoms with Crippen molar-refractivity contribution < 1.29 is 9.90 Å². The number of hydrazone groups is 1. The van der Waals surface area contributed by atoms with Crippen molar-refractivity contribution in [1.82, 2.24) is 14.9 Å². The van der Waals surface area contributed by atoms with Crippen molar-refractivity contribution in [2.24, 2.45) is 5.10 Å². The zero-order valence-corrected chi connectivity index (χ0v) is 17.4. The summed E-state index contributed by atoms with van der Waals surface area (Å²) in [5.74, 6) is 0.296. The molecule has 0 aliphatic carbocycles. The second-order valence-corrected chi connectivity index (χ2v) is 9.03. The molecule has 2 aliphatic heterocycles. The second kappa shape index (κ2) is 7.94. The lowest BCUT2D eigenvalue weighted by Gasteiger charge is -2.39. The van der Waals surface area contributed by atoms with Gasteiger partial charge in [0, 0.05) is 37.5 Å². The van der Waals surface area contributed by atoms with Crippen LogP contribution < -0.4 is 0 Å². The molecule has 1 aromatic carbocycles. The van der Waals surface area contributed by atoms with Gasteiger partial charge in [-0.25, -0.2) is 0 Å². The number of benzene rings is 1. The molecule has 29 heavy (non-hydrogen) atoms. The van der Waals surface area contributed by atoms with Gasteiger partial charge in [-0.15, -0.1) is 0 Å². The zero-order chi connectivity index (χ0) is 20.5. The number of likely N-dealkylation sites (tertiary alicyclic amines) is 1. The number of amides is 1. The number of rotatable bonds is 3. The number of hydrogen-bond donors (Lipinski definition) is 1. The van der Waals surface area contributed by atoms with Gasteiger partial charge in [0.1, 0.15) is 5.84 Å². The summed E-state index contributed by atoms with van der Waals surface area (Å²) >= 11 is 12.8. The van der Waals surface area contributed by atoms with Crippen LogP contribution in [0.25, 0.3) is 0 Å². The van der Waals surface area contributed by atoms with E-state index in [1.807, 2.05) is 30.3 Å². The summed E-state index contributed by atoms with van der Waals surface area (Å²) in [5.41, 5.74) is 0.797. The summed E-state index contributed by atoms with van der Waals surface area (Å²) in [7, 11) is 0. The lowest BCUT2D eigenvalue weighted by atomic mass is 9.85. The minimum atomic E-state index is -1.44. The monoisotopic (exact) mass is 432 g/mol. The first-order valence-electron chi connectivity index (χ1n) is 9.57. The number of nitrogens with zero attached hydrogens (tertiary/aromatic N) is 4. The molecule has 4 rings (SSSR count). The molecule has 1 aromatic heterocycles. The molecular weight excluding hydrogens is 411 g/mol. The summed E-state index contributed by atoms with van der Waals surface area (Å²) in [6.07, 6.45) is 5.15. The Morgan fingerprint density at radius 3 is 2.38 bits per heavy atom. The van der Waals surface area contributed by atoms with Crippen LogP contribution in [0.5, 0.6) is 0 Å². The Labute approximate surface area is 179 Å². The van der Waals surface area contributed by atoms with Gasteiger partial charge in [0.05, 0.1) is 12.0 Å². The molecule has 1 N–H and O–H groups in total. The van der Waals surface area contributed by atoms with Crippen molar-refractivity contribution in [3.8, 4) is 0 Å². The van der Waals surface area contributed by atoms with Crippen LogP contribution >= 0.6 is 23.2 Å². The molecule has 1 saturated heterocycles. The molecule has 1 amide bonds. The SMILES string of the molecule is O=C(c1ccncc1)N1N=C(N2CCC(O)(Cc3ccccc3)CC2)CC1(Cl)Cl. The lowest BCUT2D eigenvalue weighted by Crippen LogP contribution is -2.47. The van der Waals surface area contributed by atoms with E-state index in [-0.39, 0.29) is 12.3 Å². The number of piperidine rings is 1. The molecule has 6 nitrogen and oxygen atoms in total. The van der Waals surface area contributed by atoms with Gasteiger partial charge in [-0.2, -0.15) is 10.1 Å². The standard InChI is InChI=1S/C21H22Cl2N4O2/c22-21(23)15-18(25-27(21)19(28)17-6-10-24-11-7-17)26-12-8-20(29,9-13-26)14-16-4-2-1-3-5-16/h1-7,10-11,29H,8-9,12-15H2. The van der Waals surface area contributed by atoms with Gasteiger partial charge in [-0.1, -0.05) is 53.5 Å². The number of aromatic nitrogens is 1. The van der Waals surface area contributed by atoms with Gasteiger partial charge in [0.15, 0.2) is 0 Å². The van der Waals surface area contributed by atoms with Gasteiger partial charge in [0.2, 0.25) is 4.46 Å². The average Bonchev–Trinajstić information content (AvgIpc) is 3.04. The van der Waals surface area contributed by atoms with Gasteiger partial charge >= 0.3 is 0 Å². The first-order valence-corrected chi connectivity index (χ1v) is 10.3. The summed E-state index contributed by atoms with van der Waals surface area (Å²) < 4.78 is -1.44. The number of pyridine rings is 1. The zero-order valence-electron chi connectivity index (χ0n) is 15.8. The largest absolute Gasteiger partial charge is 0.389 e. The van der Waals surface area contributed by atoms with Gasteiger partial charge < -0.3 is 10.0 Å².